The molecule has 0 spiro atoms. The van der Waals surface area contributed by atoms with Gasteiger partial charge in [-0.2, -0.15) is 0 Å². The molecular formula is C11H24N2. The third kappa shape index (κ3) is 2.96. The number of rotatable bonds is 3. The normalized spacial score (nSPS) is 30.7. The topological polar surface area (TPSA) is 15.3 Å². The van der Waals surface area contributed by atoms with Gasteiger partial charge in [0.1, 0.15) is 0 Å². The monoisotopic (exact) mass is 184 g/mol. The molecule has 0 aromatic rings. The molecule has 2 nitrogen and oxygen atoms in total. The molecule has 2 unspecified atom stereocenters. The number of hydrogen-bond donors (Lipinski definition) is 1. The number of nitrogens with one attached hydrogen (secondary N) is 1. The quantitative estimate of drug-likeness (QED) is 0.718. The van der Waals surface area contributed by atoms with Crippen molar-refractivity contribution < 1.29 is 0 Å². The predicted octanol–water partition coefficient (Wildman–Crippen LogP) is 1.71. The second kappa shape index (κ2) is 4.43. The Labute approximate surface area is 82.7 Å². The van der Waals surface area contributed by atoms with E-state index in [0.717, 1.165) is 5.92 Å². The van der Waals surface area contributed by atoms with Gasteiger partial charge < -0.3 is 5.32 Å². The summed E-state index contributed by atoms with van der Waals surface area (Å²) in [5.41, 5.74) is 0. The van der Waals surface area contributed by atoms with Crippen LogP contribution in [0.4, 0.5) is 0 Å². The van der Waals surface area contributed by atoms with Gasteiger partial charge in [-0.05, 0) is 19.8 Å². The molecule has 1 fully saturated rings. The molecule has 0 saturated carbocycles. The second-order valence-electron chi connectivity index (χ2n) is 4.95. The van der Waals surface area contributed by atoms with E-state index >= 15 is 0 Å². The first kappa shape index (κ1) is 11.0. The zero-order valence-electron chi connectivity index (χ0n) is 9.67. The number of hydrogen-bond acceptors (Lipinski definition) is 2. The molecule has 0 amide bonds. The molecule has 0 aromatic heterocycles. The summed E-state index contributed by atoms with van der Waals surface area (Å²) in [7, 11) is 0. The summed E-state index contributed by atoms with van der Waals surface area (Å²) >= 11 is 0. The van der Waals surface area contributed by atoms with E-state index in [1.165, 1.54) is 13.1 Å². The molecule has 1 heterocycles. The van der Waals surface area contributed by atoms with Gasteiger partial charge in [0.15, 0.2) is 0 Å². The van der Waals surface area contributed by atoms with Crippen LogP contribution in [0, 0.1) is 5.92 Å². The van der Waals surface area contributed by atoms with Crippen LogP contribution in [-0.2, 0) is 0 Å². The van der Waals surface area contributed by atoms with Gasteiger partial charge in [0.05, 0.1) is 0 Å². The average Bonchev–Trinajstić information content (AvgIpc) is 2.31. The van der Waals surface area contributed by atoms with Gasteiger partial charge in [0, 0.05) is 31.2 Å². The highest BCUT2D eigenvalue weighted by molar-refractivity contribution is 4.88. The number of likely N-dealkylation sites (tertiary alicyclic amines) is 1. The second-order valence-corrected chi connectivity index (χ2v) is 4.95. The van der Waals surface area contributed by atoms with Crippen LogP contribution in [0.3, 0.4) is 0 Å². The predicted molar refractivity (Wildman–Crippen MR) is 57.9 cm³/mol. The minimum Gasteiger partial charge on any atom is -0.310 e. The molecule has 0 aromatic carbocycles. The Bertz CT molecular complexity index is 154. The van der Waals surface area contributed by atoms with Gasteiger partial charge in [0.25, 0.3) is 0 Å². The van der Waals surface area contributed by atoms with E-state index in [-0.39, 0.29) is 0 Å². The largest absolute Gasteiger partial charge is 0.310 e. The fourth-order valence-electron chi connectivity index (χ4n) is 2.07. The Morgan fingerprint density at radius 1 is 1.15 bits per heavy atom. The summed E-state index contributed by atoms with van der Waals surface area (Å²) in [6, 6.07) is 2.00. The van der Waals surface area contributed by atoms with Crippen LogP contribution in [0.15, 0.2) is 0 Å². The lowest BCUT2D eigenvalue weighted by atomic mass is 10.1. The lowest BCUT2D eigenvalue weighted by Gasteiger charge is -2.21. The van der Waals surface area contributed by atoms with Crippen LogP contribution in [0.25, 0.3) is 0 Å². The fourth-order valence-corrected chi connectivity index (χ4v) is 2.07. The first-order valence-corrected chi connectivity index (χ1v) is 5.50. The van der Waals surface area contributed by atoms with E-state index in [0.29, 0.717) is 18.1 Å². The van der Waals surface area contributed by atoms with E-state index < -0.39 is 0 Å². The minimum absolute atomic E-state index is 0.611. The highest BCUT2D eigenvalue weighted by Crippen LogP contribution is 2.18. The summed E-state index contributed by atoms with van der Waals surface area (Å²) in [6.45, 7) is 13.8. The zero-order valence-corrected chi connectivity index (χ0v) is 9.67. The molecule has 2 atom stereocenters. The average molecular weight is 184 g/mol. The summed E-state index contributed by atoms with van der Waals surface area (Å²) in [4.78, 5) is 2.56. The van der Waals surface area contributed by atoms with E-state index in [1.807, 2.05) is 0 Å². The van der Waals surface area contributed by atoms with Crippen molar-refractivity contribution in [3.8, 4) is 0 Å². The van der Waals surface area contributed by atoms with Crippen LogP contribution < -0.4 is 5.32 Å². The van der Waals surface area contributed by atoms with Crippen LogP contribution in [0.2, 0.25) is 0 Å². The molecule has 0 aliphatic carbocycles. The summed E-state index contributed by atoms with van der Waals surface area (Å²) in [5.74, 6) is 0.796. The molecule has 13 heavy (non-hydrogen) atoms. The Morgan fingerprint density at radius 2 is 1.77 bits per heavy atom. The van der Waals surface area contributed by atoms with Gasteiger partial charge in [-0.25, -0.2) is 0 Å². The summed E-state index contributed by atoms with van der Waals surface area (Å²) in [6.07, 6.45) is 0. The van der Waals surface area contributed by atoms with Gasteiger partial charge >= 0.3 is 0 Å². The van der Waals surface area contributed by atoms with Crippen molar-refractivity contribution in [1.29, 1.82) is 0 Å². The maximum Gasteiger partial charge on any atom is 0.0235 e. The van der Waals surface area contributed by atoms with Crippen molar-refractivity contribution in [2.75, 3.05) is 13.1 Å². The molecule has 2 heteroatoms. The third-order valence-corrected chi connectivity index (χ3v) is 2.92. The molecule has 1 rings (SSSR count). The van der Waals surface area contributed by atoms with Crippen molar-refractivity contribution >= 4 is 0 Å². The SMILES string of the molecule is CC(C)NC1CN(C(C)C)CC1C. The fraction of sp³-hybridized carbons (Fsp3) is 1.00. The van der Waals surface area contributed by atoms with E-state index in [2.05, 4.69) is 44.8 Å². The van der Waals surface area contributed by atoms with Gasteiger partial charge in [-0.15, -0.1) is 0 Å². The van der Waals surface area contributed by atoms with Crippen LogP contribution >= 0.6 is 0 Å². The molecule has 0 radical (unpaired) electrons. The Balaban J connectivity index is 2.42. The Morgan fingerprint density at radius 3 is 2.15 bits per heavy atom. The van der Waals surface area contributed by atoms with Gasteiger partial charge in [-0.3, -0.25) is 4.90 Å². The summed E-state index contributed by atoms with van der Waals surface area (Å²) < 4.78 is 0. The van der Waals surface area contributed by atoms with Crippen molar-refractivity contribution in [3.05, 3.63) is 0 Å². The lowest BCUT2D eigenvalue weighted by Crippen LogP contribution is -2.40. The highest BCUT2D eigenvalue weighted by atomic mass is 15.2. The van der Waals surface area contributed by atoms with Crippen LogP contribution in [0.5, 0.6) is 0 Å². The molecular weight excluding hydrogens is 160 g/mol. The van der Waals surface area contributed by atoms with Crippen molar-refractivity contribution in [2.45, 2.75) is 52.7 Å². The van der Waals surface area contributed by atoms with E-state index in [9.17, 15) is 0 Å². The standard InChI is InChI=1S/C11H24N2/c1-8(2)12-11-7-13(9(3)4)6-10(11)5/h8-12H,6-7H2,1-5H3. The van der Waals surface area contributed by atoms with Crippen molar-refractivity contribution in [1.82, 2.24) is 10.2 Å². The molecule has 1 saturated heterocycles. The highest BCUT2D eigenvalue weighted by Gasteiger charge is 2.30. The molecule has 1 N–H and O–H groups in total. The first-order valence-electron chi connectivity index (χ1n) is 5.50. The first-order chi connectivity index (χ1) is 6.00. The smallest absolute Gasteiger partial charge is 0.0235 e. The Hall–Kier alpha value is -0.0800. The molecule has 0 bridgehead atoms. The lowest BCUT2D eigenvalue weighted by molar-refractivity contribution is 0.263. The Kier molecular flexibility index (Phi) is 3.74. The maximum absolute atomic E-state index is 3.63. The van der Waals surface area contributed by atoms with Gasteiger partial charge in [0.2, 0.25) is 0 Å². The van der Waals surface area contributed by atoms with E-state index in [4.69, 9.17) is 0 Å². The van der Waals surface area contributed by atoms with Crippen LogP contribution in [0.1, 0.15) is 34.6 Å². The molecule has 1 aliphatic rings. The van der Waals surface area contributed by atoms with Crippen molar-refractivity contribution in [3.63, 3.8) is 0 Å². The summed E-state index contributed by atoms with van der Waals surface area (Å²) in [5, 5.41) is 3.63. The maximum atomic E-state index is 3.63. The molecule has 78 valence electrons. The minimum atomic E-state index is 0.611. The van der Waals surface area contributed by atoms with Crippen molar-refractivity contribution in [2.24, 2.45) is 5.92 Å². The number of nitrogens with zero attached hydrogens (tertiary/aromatic N) is 1. The van der Waals surface area contributed by atoms with Crippen LogP contribution in [-0.4, -0.2) is 36.1 Å². The zero-order chi connectivity index (χ0) is 10.0. The van der Waals surface area contributed by atoms with E-state index in [1.54, 1.807) is 0 Å². The third-order valence-electron chi connectivity index (χ3n) is 2.92. The molecule has 1 aliphatic heterocycles. The van der Waals surface area contributed by atoms with Gasteiger partial charge in [-0.1, -0.05) is 20.8 Å².